The van der Waals surface area contributed by atoms with E-state index in [1.54, 1.807) is 6.08 Å². The molecule has 0 heterocycles. The van der Waals surface area contributed by atoms with Crippen molar-refractivity contribution in [2.24, 2.45) is 0 Å². The third-order valence-corrected chi connectivity index (χ3v) is 3.30. The van der Waals surface area contributed by atoms with Crippen molar-refractivity contribution in [2.75, 3.05) is 11.1 Å². The fourth-order valence-corrected chi connectivity index (χ4v) is 1.99. The second-order valence-electron chi connectivity index (χ2n) is 5.38. The number of benzene rings is 2. The zero-order chi connectivity index (χ0) is 16.1. The molecule has 0 aliphatic heterocycles. The van der Waals surface area contributed by atoms with Gasteiger partial charge in [-0.25, -0.2) is 4.39 Å². The number of carbonyl (C=O) groups excluding carboxylic acids is 1. The number of nitrogens with two attached hydrogens (primary N) is 1. The number of halogens is 1. The molecule has 0 spiro atoms. The molecule has 0 atom stereocenters. The summed E-state index contributed by atoms with van der Waals surface area (Å²) in [6.45, 7) is 4.26. The minimum absolute atomic E-state index is 0.197. The van der Waals surface area contributed by atoms with Crippen LogP contribution in [0.2, 0.25) is 0 Å². The van der Waals surface area contributed by atoms with Crippen LogP contribution in [0.25, 0.3) is 6.08 Å². The number of nitrogen functional groups attached to an aromatic ring is 1. The topological polar surface area (TPSA) is 55.1 Å². The van der Waals surface area contributed by atoms with E-state index < -0.39 is 5.82 Å². The van der Waals surface area contributed by atoms with Gasteiger partial charge >= 0.3 is 0 Å². The van der Waals surface area contributed by atoms with E-state index in [1.807, 2.05) is 24.3 Å². The predicted octanol–water partition coefficient (Wildman–Crippen LogP) is 4.18. The Morgan fingerprint density at radius 2 is 1.86 bits per heavy atom. The van der Waals surface area contributed by atoms with Crippen molar-refractivity contribution in [1.29, 1.82) is 0 Å². The largest absolute Gasteiger partial charge is 0.397 e. The molecular weight excluding hydrogens is 279 g/mol. The highest BCUT2D eigenvalue weighted by Gasteiger charge is 2.03. The van der Waals surface area contributed by atoms with Gasteiger partial charge in [0.15, 0.2) is 0 Å². The molecule has 0 aliphatic carbocycles. The first-order valence-corrected chi connectivity index (χ1v) is 7.10. The molecule has 0 unspecified atom stereocenters. The van der Waals surface area contributed by atoms with Crippen molar-refractivity contribution < 1.29 is 9.18 Å². The van der Waals surface area contributed by atoms with E-state index in [0.717, 1.165) is 5.56 Å². The highest BCUT2D eigenvalue weighted by molar-refractivity contribution is 6.03. The van der Waals surface area contributed by atoms with Gasteiger partial charge in [0, 0.05) is 6.08 Å². The van der Waals surface area contributed by atoms with Crippen LogP contribution in [0.5, 0.6) is 0 Å². The van der Waals surface area contributed by atoms with E-state index in [9.17, 15) is 9.18 Å². The van der Waals surface area contributed by atoms with Crippen molar-refractivity contribution in [1.82, 2.24) is 0 Å². The van der Waals surface area contributed by atoms with Crippen LogP contribution >= 0.6 is 0 Å². The van der Waals surface area contributed by atoms with Crippen LogP contribution in [0.15, 0.2) is 48.5 Å². The maximum absolute atomic E-state index is 12.9. The molecule has 114 valence electrons. The minimum atomic E-state index is -0.434. The zero-order valence-electron chi connectivity index (χ0n) is 12.6. The van der Waals surface area contributed by atoms with Gasteiger partial charge in [0.2, 0.25) is 5.91 Å². The van der Waals surface area contributed by atoms with Crippen molar-refractivity contribution >= 4 is 23.4 Å². The Labute approximate surface area is 129 Å². The van der Waals surface area contributed by atoms with Crippen LogP contribution in [0.1, 0.15) is 30.9 Å². The third-order valence-electron chi connectivity index (χ3n) is 3.30. The lowest BCUT2D eigenvalue weighted by Gasteiger charge is -2.06. The molecule has 0 bridgehead atoms. The molecule has 1 amide bonds. The summed E-state index contributed by atoms with van der Waals surface area (Å²) in [4.78, 5) is 11.9. The van der Waals surface area contributed by atoms with E-state index in [-0.39, 0.29) is 11.6 Å². The summed E-state index contributed by atoms with van der Waals surface area (Å²) in [7, 11) is 0. The summed E-state index contributed by atoms with van der Waals surface area (Å²) in [6.07, 6.45) is 3.15. The summed E-state index contributed by atoms with van der Waals surface area (Å²) < 4.78 is 12.9. The normalized spacial score (nSPS) is 11.1. The Kier molecular flexibility index (Phi) is 4.94. The SMILES string of the molecule is CC(C)c1ccc(/C=C/C(=O)Nc2ccc(F)cc2N)cc1. The maximum atomic E-state index is 12.9. The van der Waals surface area contributed by atoms with E-state index in [0.29, 0.717) is 11.6 Å². The quantitative estimate of drug-likeness (QED) is 0.657. The fraction of sp³-hybridized carbons (Fsp3) is 0.167. The number of nitrogens with one attached hydrogen (secondary N) is 1. The van der Waals surface area contributed by atoms with Gasteiger partial charge in [-0.05, 0) is 41.3 Å². The lowest BCUT2D eigenvalue weighted by molar-refractivity contribution is -0.111. The molecule has 2 aromatic carbocycles. The molecule has 0 aromatic heterocycles. The zero-order valence-corrected chi connectivity index (χ0v) is 12.6. The van der Waals surface area contributed by atoms with Crippen molar-refractivity contribution in [2.45, 2.75) is 19.8 Å². The maximum Gasteiger partial charge on any atom is 0.248 e. The second-order valence-corrected chi connectivity index (χ2v) is 5.38. The van der Waals surface area contributed by atoms with Gasteiger partial charge in [-0.15, -0.1) is 0 Å². The van der Waals surface area contributed by atoms with E-state index in [4.69, 9.17) is 5.73 Å². The van der Waals surface area contributed by atoms with E-state index in [2.05, 4.69) is 19.2 Å². The Morgan fingerprint density at radius 1 is 1.18 bits per heavy atom. The smallest absolute Gasteiger partial charge is 0.248 e. The van der Waals surface area contributed by atoms with Crippen molar-refractivity contribution in [3.63, 3.8) is 0 Å². The number of anilines is 2. The van der Waals surface area contributed by atoms with Gasteiger partial charge in [0.05, 0.1) is 11.4 Å². The number of rotatable bonds is 4. The molecule has 2 rings (SSSR count). The van der Waals surface area contributed by atoms with Gasteiger partial charge < -0.3 is 11.1 Å². The number of carbonyl (C=O) groups is 1. The number of amides is 1. The van der Waals surface area contributed by atoms with Gasteiger partial charge in [-0.2, -0.15) is 0 Å². The summed E-state index contributed by atoms with van der Waals surface area (Å²) >= 11 is 0. The monoisotopic (exact) mass is 298 g/mol. The third kappa shape index (κ3) is 4.19. The second kappa shape index (κ2) is 6.89. The molecule has 0 aliphatic rings. The Hall–Kier alpha value is -2.62. The lowest BCUT2D eigenvalue weighted by atomic mass is 10.0. The minimum Gasteiger partial charge on any atom is -0.397 e. The number of hydrogen-bond acceptors (Lipinski definition) is 2. The Balaban J connectivity index is 2.01. The first-order chi connectivity index (χ1) is 10.5. The van der Waals surface area contributed by atoms with Crippen LogP contribution in [-0.2, 0) is 4.79 Å². The molecule has 0 fully saturated rings. The molecule has 2 aromatic rings. The van der Waals surface area contributed by atoms with Crippen LogP contribution < -0.4 is 11.1 Å². The molecule has 3 nitrogen and oxygen atoms in total. The standard InChI is InChI=1S/C18H19FN2O/c1-12(2)14-6-3-13(4-7-14)5-10-18(22)21-17-9-8-15(19)11-16(17)20/h3-12H,20H2,1-2H3,(H,21,22)/b10-5+. The number of hydrogen-bond donors (Lipinski definition) is 2. The van der Waals surface area contributed by atoms with Gasteiger partial charge in [-0.3, -0.25) is 4.79 Å². The van der Waals surface area contributed by atoms with Crippen LogP contribution in [0.3, 0.4) is 0 Å². The first-order valence-electron chi connectivity index (χ1n) is 7.10. The van der Waals surface area contributed by atoms with Crippen LogP contribution in [-0.4, -0.2) is 5.91 Å². The average molecular weight is 298 g/mol. The molecule has 0 saturated carbocycles. The average Bonchev–Trinajstić information content (AvgIpc) is 2.48. The van der Waals surface area contributed by atoms with E-state index >= 15 is 0 Å². The predicted molar refractivity (Wildman–Crippen MR) is 89.0 cm³/mol. The Bertz CT molecular complexity index is 691. The van der Waals surface area contributed by atoms with Crippen molar-refractivity contribution in [3.8, 4) is 0 Å². The van der Waals surface area contributed by atoms with Crippen LogP contribution in [0, 0.1) is 5.82 Å². The van der Waals surface area contributed by atoms with Gasteiger partial charge in [-0.1, -0.05) is 38.1 Å². The summed E-state index contributed by atoms with van der Waals surface area (Å²) in [5, 5.41) is 2.62. The molecule has 0 saturated heterocycles. The summed E-state index contributed by atoms with van der Waals surface area (Å²) in [5.41, 5.74) is 8.42. The highest BCUT2D eigenvalue weighted by Crippen LogP contribution is 2.19. The lowest BCUT2D eigenvalue weighted by Crippen LogP contribution is -2.09. The van der Waals surface area contributed by atoms with Crippen molar-refractivity contribution in [3.05, 3.63) is 65.5 Å². The molecular formula is C18H19FN2O. The Morgan fingerprint density at radius 3 is 2.45 bits per heavy atom. The summed E-state index contributed by atoms with van der Waals surface area (Å²) in [6, 6.07) is 11.9. The van der Waals surface area contributed by atoms with Gasteiger partial charge in [0.1, 0.15) is 5.82 Å². The van der Waals surface area contributed by atoms with Crippen LogP contribution in [0.4, 0.5) is 15.8 Å². The molecule has 0 radical (unpaired) electrons. The van der Waals surface area contributed by atoms with Gasteiger partial charge in [0.25, 0.3) is 0 Å². The van der Waals surface area contributed by atoms with E-state index in [1.165, 1.54) is 29.8 Å². The molecule has 3 N–H and O–H groups in total. The molecule has 4 heteroatoms. The summed E-state index contributed by atoms with van der Waals surface area (Å²) in [5.74, 6) is -0.273. The molecule has 22 heavy (non-hydrogen) atoms. The fourth-order valence-electron chi connectivity index (χ4n) is 1.99. The first kappa shape index (κ1) is 15.8. The highest BCUT2D eigenvalue weighted by atomic mass is 19.1.